The van der Waals surface area contributed by atoms with Crippen LogP contribution >= 0.6 is 22.9 Å². The molecule has 0 aliphatic heterocycles. The van der Waals surface area contributed by atoms with Crippen molar-refractivity contribution in [3.63, 3.8) is 0 Å². The minimum atomic E-state index is 0.221. The van der Waals surface area contributed by atoms with Crippen LogP contribution in [-0.4, -0.2) is 20.4 Å². The van der Waals surface area contributed by atoms with Gasteiger partial charge >= 0.3 is 0 Å². The van der Waals surface area contributed by atoms with E-state index in [1.165, 1.54) is 5.56 Å². The van der Waals surface area contributed by atoms with Crippen LogP contribution in [0.4, 0.5) is 0 Å². The SMILES string of the molecule is Cc1ccc2nc(CCCl)n(C(C)c3ccsc3)c2n1. The molecule has 3 heterocycles. The van der Waals surface area contributed by atoms with Gasteiger partial charge in [0.15, 0.2) is 5.65 Å². The Morgan fingerprint density at radius 3 is 2.85 bits per heavy atom. The minimum Gasteiger partial charge on any atom is -0.305 e. The third-order valence-corrected chi connectivity index (χ3v) is 4.37. The molecule has 1 atom stereocenters. The fourth-order valence-electron chi connectivity index (χ4n) is 2.44. The molecule has 5 heteroatoms. The fraction of sp³-hybridized carbons (Fsp3) is 0.333. The van der Waals surface area contributed by atoms with E-state index in [2.05, 4.69) is 33.3 Å². The summed E-state index contributed by atoms with van der Waals surface area (Å²) in [6.45, 7) is 4.19. The van der Waals surface area contributed by atoms with Crippen LogP contribution in [0.3, 0.4) is 0 Å². The van der Waals surface area contributed by atoms with Gasteiger partial charge in [0, 0.05) is 18.0 Å². The van der Waals surface area contributed by atoms with E-state index in [9.17, 15) is 0 Å². The van der Waals surface area contributed by atoms with Gasteiger partial charge < -0.3 is 4.57 Å². The topological polar surface area (TPSA) is 30.7 Å². The number of rotatable bonds is 4. The third-order valence-electron chi connectivity index (χ3n) is 3.48. The lowest BCUT2D eigenvalue weighted by molar-refractivity contribution is 0.620. The van der Waals surface area contributed by atoms with Crippen molar-refractivity contribution >= 4 is 34.1 Å². The highest BCUT2D eigenvalue weighted by atomic mass is 35.5. The smallest absolute Gasteiger partial charge is 0.160 e. The summed E-state index contributed by atoms with van der Waals surface area (Å²) in [4.78, 5) is 9.36. The Morgan fingerprint density at radius 2 is 2.15 bits per heavy atom. The molecule has 3 rings (SSSR count). The number of aryl methyl sites for hydroxylation is 2. The molecule has 0 fully saturated rings. The molecule has 0 aliphatic rings. The first-order valence-electron chi connectivity index (χ1n) is 6.63. The van der Waals surface area contributed by atoms with Crippen LogP contribution in [0.5, 0.6) is 0 Å². The van der Waals surface area contributed by atoms with E-state index in [0.29, 0.717) is 5.88 Å². The summed E-state index contributed by atoms with van der Waals surface area (Å²) in [5.74, 6) is 1.57. The second-order valence-electron chi connectivity index (χ2n) is 4.87. The van der Waals surface area contributed by atoms with Crippen molar-refractivity contribution in [3.8, 4) is 0 Å². The van der Waals surface area contributed by atoms with Crippen LogP contribution in [-0.2, 0) is 6.42 Å². The highest BCUT2D eigenvalue weighted by Gasteiger charge is 2.18. The fourth-order valence-corrected chi connectivity index (χ4v) is 3.36. The Hall–Kier alpha value is -1.39. The summed E-state index contributed by atoms with van der Waals surface area (Å²) in [6.07, 6.45) is 0.755. The average molecular weight is 306 g/mol. The van der Waals surface area contributed by atoms with Crippen LogP contribution < -0.4 is 0 Å². The number of hydrogen-bond donors (Lipinski definition) is 0. The zero-order valence-corrected chi connectivity index (χ0v) is 13.1. The first kappa shape index (κ1) is 13.6. The number of fused-ring (bicyclic) bond motifs is 1. The van der Waals surface area contributed by atoms with Crippen molar-refractivity contribution in [1.29, 1.82) is 0 Å². The number of hydrogen-bond acceptors (Lipinski definition) is 3. The molecule has 3 nitrogen and oxygen atoms in total. The van der Waals surface area contributed by atoms with Gasteiger partial charge in [-0.25, -0.2) is 9.97 Å². The summed E-state index contributed by atoms with van der Waals surface area (Å²) in [5.41, 5.74) is 4.18. The summed E-state index contributed by atoms with van der Waals surface area (Å²) < 4.78 is 2.22. The minimum absolute atomic E-state index is 0.221. The number of imidazole rings is 1. The summed E-state index contributed by atoms with van der Waals surface area (Å²) in [5, 5.41) is 4.28. The van der Waals surface area contributed by atoms with Gasteiger partial charge in [-0.05, 0) is 48.4 Å². The lowest BCUT2D eigenvalue weighted by atomic mass is 10.2. The van der Waals surface area contributed by atoms with Crippen molar-refractivity contribution in [2.24, 2.45) is 0 Å². The van der Waals surface area contributed by atoms with Gasteiger partial charge in [-0.3, -0.25) is 0 Å². The van der Waals surface area contributed by atoms with Crippen LogP contribution in [0.15, 0.2) is 29.0 Å². The van der Waals surface area contributed by atoms with Gasteiger partial charge in [0.25, 0.3) is 0 Å². The van der Waals surface area contributed by atoms with Gasteiger partial charge in [-0.15, -0.1) is 11.6 Å². The van der Waals surface area contributed by atoms with E-state index < -0.39 is 0 Å². The van der Waals surface area contributed by atoms with E-state index in [1.54, 1.807) is 11.3 Å². The Bertz CT molecular complexity index is 718. The predicted octanol–water partition coefficient (Wildman–Crippen LogP) is 4.19. The normalized spacial score (nSPS) is 12.9. The molecule has 0 amide bonds. The van der Waals surface area contributed by atoms with Crippen LogP contribution in [0, 0.1) is 6.92 Å². The van der Waals surface area contributed by atoms with Crippen LogP contribution in [0.25, 0.3) is 11.2 Å². The zero-order valence-electron chi connectivity index (χ0n) is 11.5. The van der Waals surface area contributed by atoms with E-state index in [4.69, 9.17) is 16.6 Å². The maximum atomic E-state index is 5.92. The molecule has 0 aliphatic carbocycles. The van der Waals surface area contributed by atoms with Crippen molar-refractivity contribution in [2.75, 3.05) is 5.88 Å². The molecular formula is C15H16ClN3S. The molecule has 104 valence electrons. The summed E-state index contributed by atoms with van der Waals surface area (Å²) in [7, 11) is 0. The van der Waals surface area contributed by atoms with Gasteiger partial charge in [-0.1, -0.05) is 0 Å². The highest BCUT2D eigenvalue weighted by molar-refractivity contribution is 7.07. The van der Waals surface area contributed by atoms with E-state index in [-0.39, 0.29) is 6.04 Å². The molecule has 0 N–H and O–H groups in total. The first-order chi connectivity index (χ1) is 9.70. The maximum absolute atomic E-state index is 5.92. The predicted molar refractivity (Wildman–Crippen MR) is 84.8 cm³/mol. The molecule has 3 aromatic heterocycles. The number of halogens is 1. The molecule has 0 aromatic carbocycles. The van der Waals surface area contributed by atoms with Crippen molar-refractivity contribution in [2.45, 2.75) is 26.3 Å². The zero-order chi connectivity index (χ0) is 14.1. The number of pyridine rings is 1. The second-order valence-corrected chi connectivity index (χ2v) is 6.02. The Balaban J connectivity index is 2.19. The van der Waals surface area contributed by atoms with Crippen molar-refractivity contribution < 1.29 is 0 Å². The lowest BCUT2D eigenvalue weighted by Gasteiger charge is -2.16. The standard InChI is InChI=1S/C15H16ClN3S/c1-10-3-4-13-15(17-10)19(14(18-13)5-7-16)11(2)12-6-8-20-9-12/h3-4,6,8-9,11H,5,7H2,1-2H3. The number of thiophene rings is 1. The number of nitrogens with zero attached hydrogens (tertiary/aromatic N) is 3. The molecule has 0 spiro atoms. The molecule has 0 radical (unpaired) electrons. The Labute approximate surface area is 127 Å². The third kappa shape index (κ3) is 2.34. The number of aromatic nitrogens is 3. The van der Waals surface area contributed by atoms with Gasteiger partial charge in [0.2, 0.25) is 0 Å². The molecule has 0 bridgehead atoms. The quantitative estimate of drug-likeness (QED) is 0.677. The second kappa shape index (κ2) is 5.54. The first-order valence-corrected chi connectivity index (χ1v) is 8.11. The monoisotopic (exact) mass is 305 g/mol. The van der Waals surface area contributed by atoms with Crippen molar-refractivity contribution in [1.82, 2.24) is 14.5 Å². The molecular weight excluding hydrogens is 290 g/mol. The van der Waals surface area contributed by atoms with Crippen LogP contribution in [0.1, 0.15) is 30.0 Å². The largest absolute Gasteiger partial charge is 0.305 e. The van der Waals surface area contributed by atoms with E-state index >= 15 is 0 Å². The van der Waals surface area contributed by atoms with Gasteiger partial charge in [0.1, 0.15) is 11.3 Å². The molecule has 3 aromatic rings. The molecule has 1 unspecified atom stereocenters. The average Bonchev–Trinajstić information content (AvgIpc) is 3.05. The summed E-state index contributed by atoms with van der Waals surface area (Å²) >= 11 is 7.64. The maximum Gasteiger partial charge on any atom is 0.160 e. The van der Waals surface area contributed by atoms with Gasteiger partial charge in [-0.2, -0.15) is 11.3 Å². The van der Waals surface area contributed by atoms with E-state index in [1.807, 2.05) is 19.1 Å². The Morgan fingerprint density at radius 1 is 1.30 bits per heavy atom. The summed E-state index contributed by atoms with van der Waals surface area (Å²) in [6, 6.07) is 6.41. The van der Waals surface area contributed by atoms with Crippen molar-refractivity contribution in [3.05, 3.63) is 46.0 Å². The van der Waals surface area contributed by atoms with E-state index in [0.717, 1.165) is 29.1 Å². The highest BCUT2D eigenvalue weighted by Crippen LogP contribution is 2.27. The number of alkyl halides is 1. The molecule has 20 heavy (non-hydrogen) atoms. The van der Waals surface area contributed by atoms with Gasteiger partial charge in [0.05, 0.1) is 6.04 Å². The Kier molecular flexibility index (Phi) is 3.76. The molecule has 0 saturated carbocycles. The lowest BCUT2D eigenvalue weighted by Crippen LogP contribution is -2.11. The van der Waals surface area contributed by atoms with Crippen LogP contribution in [0.2, 0.25) is 0 Å². The molecule has 0 saturated heterocycles.